The molecule has 0 atom stereocenters. The number of imidazole rings is 1. The molecular formula is C19H23N3O3S. The van der Waals surface area contributed by atoms with Gasteiger partial charge in [0.05, 0.1) is 15.9 Å². The number of benzene rings is 2. The third-order valence-corrected chi connectivity index (χ3v) is 5.87. The number of sulfonamides is 1. The first kappa shape index (κ1) is 18.4. The van der Waals surface area contributed by atoms with Crippen LogP contribution in [0.5, 0.6) is 0 Å². The summed E-state index contributed by atoms with van der Waals surface area (Å²) in [6.45, 7) is 4.83. The van der Waals surface area contributed by atoms with Crippen molar-refractivity contribution in [1.82, 2.24) is 14.3 Å². The third kappa shape index (κ3) is 3.89. The van der Waals surface area contributed by atoms with Gasteiger partial charge in [0, 0.05) is 13.1 Å². The lowest BCUT2D eigenvalue weighted by atomic mass is 10.0. The topological polar surface area (TPSA) is 84.0 Å². The van der Waals surface area contributed by atoms with E-state index in [1.807, 2.05) is 36.4 Å². The maximum Gasteiger partial charge on any atom is 0.326 e. The van der Waals surface area contributed by atoms with Crippen LogP contribution in [0.25, 0.3) is 11.0 Å². The van der Waals surface area contributed by atoms with Crippen LogP contribution >= 0.6 is 0 Å². The van der Waals surface area contributed by atoms with Gasteiger partial charge in [-0.05, 0) is 42.2 Å². The van der Waals surface area contributed by atoms with Crippen molar-refractivity contribution in [1.29, 1.82) is 0 Å². The predicted molar refractivity (Wildman–Crippen MR) is 103 cm³/mol. The van der Waals surface area contributed by atoms with Gasteiger partial charge in [-0.1, -0.05) is 38.1 Å². The highest BCUT2D eigenvalue weighted by Gasteiger charge is 2.14. The zero-order valence-corrected chi connectivity index (χ0v) is 15.7. The summed E-state index contributed by atoms with van der Waals surface area (Å²) in [4.78, 5) is 15.1. The van der Waals surface area contributed by atoms with E-state index in [1.54, 1.807) is 16.7 Å². The first-order valence-corrected chi connectivity index (χ1v) is 10.1. The normalized spacial score (nSPS) is 12.1. The fourth-order valence-corrected chi connectivity index (χ4v) is 3.96. The van der Waals surface area contributed by atoms with Crippen LogP contribution in [-0.4, -0.2) is 24.5 Å². The van der Waals surface area contributed by atoms with Gasteiger partial charge in [-0.15, -0.1) is 0 Å². The highest BCUT2D eigenvalue weighted by Crippen LogP contribution is 2.17. The number of aromatic amines is 1. The Bertz CT molecular complexity index is 1050. The van der Waals surface area contributed by atoms with Gasteiger partial charge in [0.15, 0.2) is 0 Å². The fraction of sp³-hybridized carbons (Fsp3) is 0.316. The average Bonchev–Trinajstić information content (AvgIpc) is 2.94. The summed E-state index contributed by atoms with van der Waals surface area (Å²) >= 11 is 0. The van der Waals surface area contributed by atoms with Gasteiger partial charge in [-0.2, -0.15) is 0 Å². The zero-order valence-electron chi connectivity index (χ0n) is 14.9. The summed E-state index contributed by atoms with van der Waals surface area (Å²) in [7, 11) is -3.54. The number of rotatable bonds is 7. The van der Waals surface area contributed by atoms with Crippen molar-refractivity contribution in [3.8, 4) is 0 Å². The Kier molecular flexibility index (Phi) is 5.29. The molecular weight excluding hydrogens is 350 g/mol. The molecule has 0 unspecified atom stereocenters. The summed E-state index contributed by atoms with van der Waals surface area (Å²) in [6.07, 6.45) is 0.519. The molecule has 7 heteroatoms. The van der Waals surface area contributed by atoms with Gasteiger partial charge < -0.3 is 4.98 Å². The van der Waals surface area contributed by atoms with Gasteiger partial charge >= 0.3 is 5.69 Å². The smallest absolute Gasteiger partial charge is 0.306 e. The van der Waals surface area contributed by atoms with Crippen molar-refractivity contribution in [3.05, 3.63) is 64.6 Å². The molecule has 0 saturated carbocycles. The molecule has 26 heavy (non-hydrogen) atoms. The van der Waals surface area contributed by atoms with Crippen molar-refractivity contribution in [2.75, 3.05) is 6.54 Å². The number of fused-ring (bicyclic) bond motifs is 1. The van der Waals surface area contributed by atoms with Crippen LogP contribution in [0.2, 0.25) is 0 Å². The van der Waals surface area contributed by atoms with Crippen LogP contribution in [-0.2, 0) is 16.6 Å². The average molecular weight is 373 g/mol. The molecule has 0 amide bonds. The monoisotopic (exact) mass is 373 g/mol. The number of nitrogens with zero attached hydrogens (tertiary/aromatic N) is 1. The van der Waals surface area contributed by atoms with E-state index in [1.165, 1.54) is 0 Å². The van der Waals surface area contributed by atoms with E-state index < -0.39 is 10.0 Å². The van der Waals surface area contributed by atoms with Gasteiger partial charge in [-0.25, -0.2) is 17.9 Å². The highest BCUT2D eigenvalue weighted by molar-refractivity contribution is 7.89. The fourth-order valence-electron chi connectivity index (χ4n) is 2.89. The molecule has 0 spiro atoms. The number of para-hydroxylation sites is 2. The number of hydrogen-bond acceptors (Lipinski definition) is 3. The second kappa shape index (κ2) is 7.47. The Hall–Kier alpha value is -2.38. The molecule has 0 aliphatic rings. The molecule has 3 aromatic rings. The zero-order chi connectivity index (χ0) is 18.7. The lowest BCUT2D eigenvalue weighted by Crippen LogP contribution is -2.26. The summed E-state index contributed by atoms with van der Waals surface area (Å²) in [5, 5.41) is 0. The predicted octanol–water partition coefficient (Wildman–Crippen LogP) is 2.82. The molecule has 0 bridgehead atoms. The quantitative estimate of drug-likeness (QED) is 0.625. The SMILES string of the molecule is CC(C)c1ccc(S(=O)(=O)NCCCn2c(=O)[nH]c3ccccc32)cc1. The van der Waals surface area contributed by atoms with E-state index in [4.69, 9.17) is 0 Å². The lowest BCUT2D eigenvalue weighted by molar-refractivity contribution is 0.569. The van der Waals surface area contributed by atoms with E-state index in [0.29, 0.717) is 18.9 Å². The number of aryl methyl sites for hydroxylation is 1. The molecule has 0 saturated heterocycles. The van der Waals surface area contributed by atoms with Crippen molar-refractivity contribution >= 4 is 21.1 Å². The molecule has 0 aliphatic carbocycles. The van der Waals surface area contributed by atoms with Crippen LogP contribution in [0.3, 0.4) is 0 Å². The summed E-state index contributed by atoms with van der Waals surface area (Å²) < 4.78 is 29.0. The minimum absolute atomic E-state index is 0.182. The highest BCUT2D eigenvalue weighted by atomic mass is 32.2. The summed E-state index contributed by atoms with van der Waals surface area (Å²) in [5.74, 6) is 0.356. The van der Waals surface area contributed by atoms with Crippen molar-refractivity contribution in [3.63, 3.8) is 0 Å². The first-order valence-electron chi connectivity index (χ1n) is 8.65. The molecule has 1 aromatic heterocycles. The van der Waals surface area contributed by atoms with Crippen LogP contribution < -0.4 is 10.4 Å². The Morgan fingerprint density at radius 2 is 1.77 bits per heavy atom. The van der Waals surface area contributed by atoms with Gasteiger partial charge in [0.2, 0.25) is 10.0 Å². The Morgan fingerprint density at radius 1 is 1.08 bits per heavy atom. The Labute approximate surface area is 152 Å². The van der Waals surface area contributed by atoms with E-state index >= 15 is 0 Å². The Morgan fingerprint density at radius 3 is 2.46 bits per heavy atom. The van der Waals surface area contributed by atoms with E-state index in [0.717, 1.165) is 16.6 Å². The minimum Gasteiger partial charge on any atom is -0.306 e. The van der Waals surface area contributed by atoms with Crippen LogP contribution in [0.15, 0.2) is 58.2 Å². The molecule has 0 aliphatic heterocycles. The minimum atomic E-state index is -3.54. The number of aromatic nitrogens is 2. The van der Waals surface area contributed by atoms with Crippen LogP contribution in [0.1, 0.15) is 31.7 Å². The van der Waals surface area contributed by atoms with Gasteiger partial charge in [0.25, 0.3) is 0 Å². The molecule has 6 nitrogen and oxygen atoms in total. The molecule has 3 rings (SSSR count). The Balaban J connectivity index is 1.62. The molecule has 1 heterocycles. The third-order valence-electron chi connectivity index (χ3n) is 4.39. The van der Waals surface area contributed by atoms with Gasteiger partial charge in [-0.3, -0.25) is 4.57 Å². The maximum absolute atomic E-state index is 12.4. The number of hydrogen-bond donors (Lipinski definition) is 2. The molecule has 138 valence electrons. The molecule has 0 fully saturated rings. The largest absolute Gasteiger partial charge is 0.326 e. The molecule has 0 radical (unpaired) electrons. The summed E-state index contributed by atoms with van der Waals surface area (Å²) in [5.41, 5.74) is 2.52. The van der Waals surface area contributed by atoms with E-state index in [2.05, 4.69) is 23.6 Å². The lowest BCUT2D eigenvalue weighted by Gasteiger charge is -2.09. The van der Waals surface area contributed by atoms with E-state index in [-0.39, 0.29) is 17.1 Å². The maximum atomic E-state index is 12.4. The summed E-state index contributed by atoms with van der Waals surface area (Å²) in [6, 6.07) is 14.4. The number of H-pyrrole nitrogens is 1. The number of nitrogens with one attached hydrogen (secondary N) is 2. The van der Waals surface area contributed by atoms with Crippen molar-refractivity contribution in [2.45, 2.75) is 37.6 Å². The van der Waals surface area contributed by atoms with Crippen LogP contribution in [0, 0.1) is 0 Å². The molecule has 2 N–H and O–H groups in total. The van der Waals surface area contributed by atoms with E-state index in [9.17, 15) is 13.2 Å². The standard InChI is InChI=1S/C19H23N3O3S/c1-14(2)15-8-10-16(11-9-15)26(24,25)20-12-5-13-22-18-7-4-3-6-17(18)21-19(22)23/h3-4,6-11,14,20H,5,12-13H2,1-2H3,(H,21,23). The second-order valence-corrected chi connectivity index (χ2v) is 8.34. The van der Waals surface area contributed by atoms with Crippen molar-refractivity contribution < 1.29 is 8.42 Å². The molecule has 2 aromatic carbocycles. The van der Waals surface area contributed by atoms with Crippen molar-refractivity contribution in [2.24, 2.45) is 0 Å². The van der Waals surface area contributed by atoms with Crippen LogP contribution in [0.4, 0.5) is 0 Å². The van der Waals surface area contributed by atoms with Gasteiger partial charge in [0.1, 0.15) is 0 Å². The first-order chi connectivity index (χ1) is 12.4. The second-order valence-electron chi connectivity index (χ2n) is 6.57.